The lowest BCUT2D eigenvalue weighted by Gasteiger charge is -2.37. The molecule has 1 fully saturated rings. The second-order valence-electron chi connectivity index (χ2n) is 7.95. The van der Waals surface area contributed by atoms with E-state index in [1.54, 1.807) is 6.07 Å². The Kier molecular flexibility index (Phi) is 5.64. The number of nitrogens with one attached hydrogen (secondary N) is 1. The topological polar surface area (TPSA) is 50.3 Å². The predicted octanol–water partition coefficient (Wildman–Crippen LogP) is 4.47. The number of morpholine rings is 1. The minimum Gasteiger partial charge on any atom is -0.373 e. The number of benzene rings is 3. The summed E-state index contributed by atoms with van der Waals surface area (Å²) in [6.45, 7) is 3.09. The first-order valence-electron chi connectivity index (χ1n) is 10.5. The Labute approximate surface area is 185 Å². The maximum Gasteiger partial charge on any atom is 0.327 e. The molecule has 0 radical (unpaired) electrons. The number of hydrogen-bond acceptors (Lipinski definition) is 3. The highest BCUT2D eigenvalue weighted by Gasteiger charge is 2.32. The molecule has 31 heavy (non-hydrogen) atoms. The van der Waals surface area contributed by atoms with Crippen molar-refractivity contribution in [3.63, 3.8) is 0 Å². The molecule has 2 atom stereocenters. The molecule has 1 saturated heterocycles. The zero-order valence-corrected chi connectivity index (χ0v) is 17.8. The molecule has 2 heterocycles. The van der Waals surface area contributed by atoms with E-state index in [4.69, 9.17) is 16.3 Å². The number of fused-ring (bicyclic) bond motifs is 1. The van der Waals surface area contributed by atoms with Gasteiger partial charge in [-0.3, -0.25) is 9.47 Å². The third-order valence-electron chi connectivity index (χ3n) is 5.88. The Bertz CT molecular complexity index is 1220. The molecule has 0 bridgehead atoms. The van der Waals surface area contributed by atoms with Crippen molar-refractivity contribution in [2.24, 2.45) is 0 Å². The Balaban J connectivity index is 1.53. The zero-order valence-electron chi connectivity index (χ0n) is 17.1. The van der Waals surface area contributed by atoms with Crippen molar-refractivity contribution >= 4 is 22.6 Å². The molecule has 2 unspecified atom stereocenters. The van der Waals surface area contributed by atoms with E-state index in [2.05, 4.69) is 46.3 Å². The minimum absolute atomic E-state index is 0.157. The molecule has 1 aliphatic heterocycles. The van der Waals surface area contributed by atoms with Crippen molar-refractivity contribution in [1.82, 2.24) is 14.5 Å². The van der Waals surface area contributed by atoms with Crippen molar-refractivity contribution in [3.8, 4) is 0 Å². The number of hydrogen-bond donors (Lipinski definition) is 1. The van der Waals surface area contributed by atoms with Crippen molar-refractivity contribution in [2.45, 2.75) is 18.7 Å². The summed E-state index contributed by atoms with van der Waals surface area (Å²) in [4.78, 5) is 18.4. The Hall–Kier alpha value is -2.86. The second kappa shape index (κ2) is 8.71. The minimum atomic E-state index is -0.248. The Morgan fingerprint density at radius 3 is 2.55 bits per heavy atom. The van der Waals surface area contributed by atoms with Gasteiger partial charge in [-0.1, -0.05) is 72.3 Å². The van der Waals surface area contributed by atoms with Gasteiger partial charge in [0.05, 0.1) is 29.8 Å². The van der Waals surface area contributed by atoms with Gasteiger partial charge in [0.15, 0.2) is 0 Å². The van der Waals surface area contributed by atoms with Crippen LogP contribution >= 0.6 is 11.6 Å². The number of rotatable bonds is 5. The third kappa shape index (κ3) is 4.17. The number of aromatic amines is 1. The summed E-state index contributed by atoms with van der Waals surface area (Å²) in [7, 11) is 0. The standard InChI is InChI=1S/C25H24ClN3O2/c26-20-11-12-22-21(15-20)27-25(30)29(22)24(19-9-5-2-6-10-19)23-17-28(13-14-31-23)16-18-7-3-1-4-8-18/h1-12,15,23-24H,13-14,16-17H2,(H,27,30). The summed E-state index contributed by atoms with van der Waals surface area (Å²) in [6, 6.07) is 25.8. The summed E-state index contributed by atoms with van der Waals surface area (Å²) < 4.78 is 8.09. The van der Waals surface area contributed by atoms with E-state index < -0.39 is 0 Å². The summed E-state index contributed by atoms with van der Waals surface area (Å²) in [5.41, 5.74) is 3.72. The largest absolute Gasteiger partial charge is 0.373 e. The predicted molar refractivity (Wildman–Crippen MR) is 124 cm³/mol. The van der Waals surface area contributed by atoms with Gasteiger partial charge >= 0.3 is 5.69 Å². The van der Waals surface area contributed by atoms with Crippen LogP contribution < -0.4 is 5.69 Å². The molecular formula is C25H24ClN3O2. The van der Waals surface area contributed by atoms with E-state index in [0.717, 1.165) is 36.2 Å². The van der Waals surface area contributed by atoms with Crippen LogP contribution in [0.25, 0.3) is 11.0 Å². The quantitative estimate of drug-likeness (QED) is 0.505. The van der Waals surface area contributed by atoms with Crippen LogP contribution in [-0.4, -0.2) is 40.3 Å². The van der Waals surface area contributed by atoms with Gasteiger partial charge in [-0.15, -0.1) is 0 Å². The number of aromatic nitrogens is 2. The molecular weight excluding hydrogens is 410 g/mol. The molecule has 0 saturated carbocycles. The SMILES string of the molecule is O=c1[nH]c2cc(Cl)ccc2n1C(c1ccccc1)C1CN(Cc2ccccc2)CCO1. The number of ether oxygens (including phenoxy) is 1. The zero-order chi connectivity index (χ0) is 21.2. The number of halogens is 1. The monoisotopic (exact) mass is 433 g/mol. The van der Waals surface area contributed by atoms with Gasteiger partial charge in [-0.2, -0.15) is 0 Å². The van der Waals surface area contributed by atoms with E-state index in [0.29, 0.717) is 11.6 Å². The molecule has 0 spiro atoms. The molecule has 6 heteroatoms. The summed E-state index contributed by atoms with van der Waals surface area (Å²) in [5, 5.41) is 0.597. The van der Waals surface area contributed by atoms with E-state index in [1.165, 1.54) is 5.56 Å². The molecule has 5 nitrogen and oxygen atoms in total. The summed E-state index contributed by atoms with van der Waals surface area (Å²) in [6.07, 6.45) is -0.160. The van der Waals surface area contributed by atoms with Crippen molar-refractivity contribution in [1.29, 1.82) is 0 Å². The molecule has 5 rings (SSSR count). The van der Waals surface area contributed by atoms with E-state index >= 15 is 0 Å². The number of nitrogens with zero attached hydrogens (tertiary/aromatic N) is 2. The first kappa shape index (κ1) is 20.1. The fourth-order valence-corrected chi connectivity index (χ4v) is 4.64. The van der Waals surface area contributed by atoms with Crippen LogP contribution in [0.15, 0.2) is 83.7 Å². The highest BCUT2D eigenvalue weighted by molar-refractivity contribution is 6.31. The maximum absolute atomic E-state index is 13.1. The van der Waals surface area contributed by atoms with Crippen molar-refractivity contribution < 1.29 is 4.74 Å². The van der Waals surface area contributed by atoms with Crippen LogP contribution in [0.1, 0.15) is 17.2 Å². The van der Waals surface area contributed by atoms with Gasteiger partial charge in [-0.05, 0) is 29.3 Å². The normalized spacial score (nSPS) is 18.3. The van der Waals surface area contributed by atoms with Gasteiger partial charge in [0.25, 0.3) is 0 Å². The summed E-state index contributed by atoms with van der Waals surface area (Å²) >= 11 is 6.16. The molecule has 4 aromatic rings. The third-order valence-corrected chi connectivity index (χ3v) is 6.11. The van der Waals surface area contributed by atoms with E-state index in [9.17, 15) is 4.79 Å². The molecule has 0 amide bonds. The fourth-order valence-electron chi connectivity index (χ4n) is 4.47. The van der Waals surface area contributed by atoms with Gasteiger partial charge in [0.2, 0.25) is 0 Å². The lowest BCUT2D eigenvalue weighted by Crippen LogP contribution is -2.47. The molecule has 158 valence electrons. The van der Waals surface area contributed by atoms with Gasteiger partial charge in [0.1, 0.15) is 0 Å². The molecule has 1 N–H and O–H groups in total. The first-order chi connectivity index (χ1) is 15.2. The van der Waals surface area contributed by atoms with Gasteiger partial charge < -0.3 is 9.72 Å². The molecule has 0 aliphatic carbocycles. The van der Waals surface area contributed by atoms with Crippen LogP contribution in [0.3, 0.4) is 0 Å². The van der Waals surface area contributed by atoms with E-state index in [-0.39, 0.29) is 17.8 Å². The smallest absolute Gasteiger partial charge is 0.327 e. The van der Waals surface area contributed by atoms with Crippen molar-refractivity contribution in [2.75, 3.05) is 19.7 Å². The second-order valence-corrected chi connectivity index (χ2v) is 8.38. The molecule has 1 aromatic heterocycles. The average molecular weight is 434 g/mol. The number of imidazole rings is 1. The lowest BCUT2D eigenvalue weighted by atomic mass is 9.99. The van der Waals surface area contributed by atoms with E-state index in [1.807, 2.05) is 41.0 Å². The number of H-pyrrole nitrogens is 1. The maximum atomic E-state index is 13.1. The Morgan fingerprint density at radius 2 is 1.77 bits per heavy atom. The van der Waals surface area contributed by atoms with Crippen LogP contribution in [0, 0.1) is 0 Å². The average Bonchev–Trinajstić information content (AvgIpc) is 3.10. The van der Waals surface area contributed by atoms with Gasteiger partial charge in [0, 0.05) is 24.7 Å². The van der Waals surface area contributed by atoms with Crippen LogP contribution in [-0.2, 0) is 11.3 Å². The molecule has 3 aromatic carbocycles. The first-order valence-corrected chi connectivity index (χ1v) is 10.9. The highest BCUT2D eigenvalue weighted by atomic mass is 35.5. The lowest BCUT2D eigenvalue weighted by molar-refractivity contribution is -0.0489. The van der Waals surface area contributed by atoms with Gasteiger partial charge in [-0.25, -0.2) is 4.79 Å². The van der Waals surface area contributed by atoms with Crippen LogP contribution in [0.5, 0.6) is 0 Å². The van der Waals surface area contributed by atoms with Crippen LogP contribution in [0.2, 0.25) is 5.02 Å². The Morgan fingerprint density at radius 1 is 1.03 bits per heavy atom. The van der Waals surface area contributed by atoms with Crippen molar-refractivity contribution in [3.05, 3.63) is 105 Å². The summed E-state index contributed by atoms with van der Waals surface area (Å²) in [5.74, 6) is 0. The highest BCUT2D eigenvalue weighted by Crippen LogP contribution is 2.29. The molecule has 1 aliphatic rings. The van der Waals surface area contributed by atoms with Crippen LogP contribution in [0.4, 0.5) is 0 Å². The fraction of sp³-hybridized carbons (Fsp3) is 0.240.